The van der Waals surface area contributed by atoms with Crippen LogP contribution in [0.25, 0.3) is 0 Å². The van der Waals surface area contributed by atoms with Crippen LogP contribution < -0.4 is 11.2 Å². The SMILES string of the molecule is Cc1ccc(/C=N\NC(N)=O)cc1Br. The highest BCUT2D eigenvalue weighted by Gasteiger charge is 1.94. The Morgan fingerprint density at radius 1 is 1.64 bits per heavy atom. The van der Waals surface area contributed by atoms with Gasteiger partial charge in [0.15, 0.2) is 0 Å². The average Bonchev–Trinajstić information content (AvgIpc) is 2.10. The molecule has 0 heterocycles. The zero-order chi connectivity index (χ0) is 10.6. The number of nitrogens with two attached hydrogens (primary N) is 1. The molecule has 0 radical (unpaired) electrons. The third kappa shape index (κ3) is 3.18. The summed E-state index contributed by atoms with van der Waals surface area (Å²) in [5.74, 6) is 0. The van der Waals surface area contributed by atoms with Gasteiger partial charge in [0.1, 0.15) is 0 Å². The molecule has 0 aliphatic carbocycles. The van der Waals surface area contributed by atoms with E-state index in [2.05, 4.69) is 26.5 Å². The highest BCUT2D eigenvalue weighted by molar-refractivity contribution is 9.10. The summed E-state index contributed by atoms with van der Waals surface area (Å²) in [5, 5.41) is 3.64. The molecule has 0 aromatic heterocycles. The summed E-state index contributed by atoms with van der Waals surface area (Å²) < 4.78 is 1.00. The number of primary amides is 1. The Balaban J connectivity index is 2.73. The normalized spacial score (nSPS) is 10.4. The molecule has 0 bridgehead atoms. The van der Waals surface area contributed by atoms with Crippen LogP contribution in [0.5, 0.6) is 0 Å². The fourth-order valence-electron chi connectivity index (χ4n) is 0.860. The molecular weight excluding hydrogens is 246 g/mol. The number of carbonyl (C=O) groups excluding carboxylic acids is 1. The Morgan fingerprint density at radius 2 is 2.36 bits per heavy atom. The second-order valence-corrected chi connectivity index (χ2v) is 3.60. The average molecular weight is 256 g/mol. The van der Waals surface area contributed by atoms with Crippen molar-refractivity contribution in [3.8, 4) is 0 Å². The Labute approximate surface area is 90.3 Å². The fourth-order valence-corrected chi connectivity index (χ4v) is 1.26. The van der Waals surface area contributed by atoms with Crippen molar-refractivity contribution in [2.75, 3.05) is 0 Å². The Morgan fingerprint density at radius 3 is 2.93 bits per heavy atom. The van der Waals surface area contributed by atoms with E-state index in [1.807, 2.05) is 25.1 Å². The number of aryl methyl sites for hydroxylation is 1. The van der Waals surface area contributed by atoms with Crippen LogP contribution in [0.2, 0.25) is 0 Å². The number of nitrogens with zero attached hydrogens (tertiary/aromatic N) is 1. The molecule has 0 aliphatic rings. The van der Waals surface area contributed by atoms with E-state index < -0.39 is 6.03 Å². The Bertz CT molecular complexity index is 376. The molecule has 1 aromatic carbocycles. The summed E-state index contributed by atoms with van der Waals surface area (Å²) in [6, 6.07) is 5.08. The molecule has 5 heteroatoms. The van der Waals surface area contributed by atoms with Crippen molar-refractivity contribution in [2.45, 2.75) is 6.92 Å². The summed E-state index contributed by atoms with van der Waals surface area (Å²) in [6.45, 7) is 1.99. The van der Waals surface area contributed by atoms with E-state index in [-0.39, 0.29) is 0 Å². The summed E-state index contributed by atoms with van der Waals surface area (Å²) in [4.78, 5) is 10.3. The minimum atomic E-state index is -0.674. The second kappa shape index (κ2) is 4.76. The summed E-state index contributed by atoms with van der Waals surface area (Å²) >= 11 is 3.39. The molecule has 14 heavy (non-hydrogen) atoms. The lowest BCUT2D eigenvalue weighted by Crippen LogP contribution is -2.24. The topological polar surface area (TPSA) is 67.5 Å². The summed E-state index contributed by atoms with van der Waals surface area (Å²) in [6.07, 6.45) is 1.52. The zero-order valence-electron chi connectivity index (χ0n) is 7.62. The van der Waals surface area contributed by atoms with Gasteiger partial charge in [-0.25, -0.2) is 10.2 Å². The van der Waals surface area contributed by atoms with E-state index >= 15 is 0 Å². The first-order valence-electron chi connectivity index (χ1n) is 3.94. The number of hydrogen-bond acceptors (Lipinski definition) is 2. The van der Waals surface area contributed by atoms with E-state index in [1.165, 1.54) is 6.21 Å². The number of halogens is 1. The molecule has 3 N–H and O–H groups in total. The van der Waals surface area contributed by atoms with Crippen molar-refractivity contribution in [2.24, 2.45) is 10.8 Å². The molecule has 0 aliphatic heterocycles. The molecule has 0 saturated carbocycles. The van der Waals surface area contributed by atoms with Gasteiger partial charge in [-0.05, 0) is 24.1 Å². The smallest absolute Gasteiger partial charge is 0.332 e. The van der Waals surface area contributed by atoms with Crippen LogP contribution in [-0.4, -0.2) is 12.2 Å². The number of benzene rings is 1. The third-order valence-electron chi connectivity index (χ3n) is 1.58. The van der Waals surface area contributed by atoms with Gasteiger partial charge < -0.3 is 5.73 Å². The monoisotopic (exact) mass is 255 g/mol. The van der Waals surface area contributed by atoms with Crippen molar-refractivity contribution in [3.63, 3.8) is 0 Å². The maximum atomic E-state index is 10.3. The quantitative estimate of drug-likeness (QED) is 0.614. The van der Waals surface area contributed by atoms with Crippen molar-refractivity contribution >= 4 is 28.2 Å². The number of rotatable bonds is 2. The molecule has 1 aromatic rings. The minimum Gasteiger partial charge on any atom is -0.350 e. The van der Waals surface area contributed by atoms with Crippen molar-refractivity contribution < 1.29 is 4.79 Å². The van der Waals surface area contributed by atoms with E-state index in [9.17, 15) is 4.79 Å². The van der Waals surface area contributed by atoms with Gasteiger partial charge in [0, 0.05) is 4.47 Å². The van der Waals surface area contributed by atoms with Crippen LogP contribution in [0.4, 0.5) is 4.79 Å². The first-order valence-corrected chi connectivity index (χ1v) is 4.73. The van der Waals surface area contributed by atoms with Gasteiger partial charge >= 0.3 is 6.03 Å². The maximum Gasteiger partial charge on any atom is 0.332 e. The summed E-state index contributed by atoms with van der Waals surface area (Å²) in [7, 11) is 0. The molecule has 2 amide bonds. The van der Waals surface area contributed by atoms with Gasteiger partial charge in [0.2, 0.25) is 0 Å². The molecule has 1 rings (SSSR count). The minimum absolute atomic E-state index is 0.674. The standard InChI is InChI=1S/C9H10BrN3O/c1-6-2-3-7(4-8(6)10)5-12-13-9(11)14/h2-5H,1H3,(H3,11,13,14)/b12-5-. The van der Waals surface area contributed by atoms with Crippen LogP contribution in [0.15, 0.2) is 27.8 Å². The molecule has 4 nitrogen and oxygen atoms in total. The van der Waals surface area contributed by atoms with E-state index in [0.29, 0.717) is 0 Å². The van der Waals surface area contributed by atoms with Crippen LogP contribution in [0.1, 0.15) is 11.1 Å². The van der Waals surface area contributed by atoms with Crippen molar-refractivity contribution in [1.29, 1.82) is 0 Å². The van der Waals surface area contributed by atoms with Crippen LogP contribution in [0.3, 0.4) is 0 Å². The number of carbonyl (C=O) groups is 1. The predicted octanol–water partition coefficient (Wildman–Crippen LogP) is 1.76. The highest BCUT2D eigenvalue weighted by Crippen LogP contribution is 2.16. The van der Waals surface area contributed by atoms with Crippen LogP contribution in [0, 0.1) is 6.92 Å². The Hall–Kier alpha value is -1.36. The fraction of sp³-hybridized carbons (Fsp3) is 0.111. The van der Waals surface area contributed by atoms with Gasteiger partial charge in [-0.3, -0.25) is 0 Å². The lowest BCUT2D eigenvalue weighted by Gasteiger charge is -1.98. The van der Waals surface area contributed by atoms with Crippen molar-refractivity contribution in [3.05, 3.63) is 33.8 Å². The molecule has 0 unspecified atom stereocenters. The third-order valence-corrected chi connectivity index (χ3v) is 2.44. The number of nitrogens with one attached hydrogen (secondary N) is 1. The van der Waals surface area contributed by atoms with Gasteiger partial charge in [-0.15, -0.1) is 0 Å². The lowest BCUT2D eigenvalue weighted by atomic mass is 10.2. The molecule has 0 atom stereocenters. The maximum absolute atomic E-state index is 10.3. The second-order valence-electron chi connectivity index (χ2n) is 2.74. The first-order chi connectivity index (χ1) is 6.59. The molecule has 74 valence electrons. The molecular formula is C9H10BrN3O. The number of hydrogen-bond donors (Lipinski definition) is 2. The molecule has 0 fully saturated rings. The van der Waals surface area contributed by atoms with E-state index in [4.69, 9.17) is 5.73 Å². The largest absolute Gasteiger partial charge is 0.350 e. The number of urea groups is 1. The van der Waals surface area contributed by atoms with Gasteiger partial charge in [0.25, 0.3) is 0 Å². The van der Waals surface area contributed by atoms with Gasteiger partial charge in [-0.1, -0.05) is 28.1 Å². The molecule has 0 spiro atoms. The first kappa shape index (κ1) is 10.7. The number of hydrazone groups is 1. The van der Waals surface area contributed by atoms with Crippen molar-refractivity contribution in [1.82, 2.24) is 5.43 Å². The number of amides is 2. The highest BCUT2D eigenvalue weighted by atomic mass is 79.9. The summed E-state index contributed by atoms with van der Waals surface area (Å²) in [5.41, 5.74) is 8.99. The van der Waals surface area contributed by atoms with Gasteiger partial charge in [0.05, 0.1) is 6.21 Å². The van der Waals surface area contributed by atoms with Crippen LogP contribution in [-0.2, 0) is 0 Å². The lowest BCUT2D eigenvalue weighted by molar-refractivity contribution is 0.249. The van der Waals surface area contributed by atoms with E-state index in [0.717, 1.165) is 15.6 Å². The zero-order valence-corrected chi connectivity index (χ0v) is 9.21. The molecule has 0 saturated heterocycles. The predicted molar refractivity (Wildman–Crippen MR) is 59.2 cm³/mol. The van der Waals surface area contributed by atoms with Gasteiger partial charge in [-0.2, -0.15) is 5.10 Å². The van der Waals surface area contributed by atoms with Crippen LogP contribution >= 0.6 is 15.9 Å². The Kier molecular flexibility index (Phi) is 3.64. The van der Waals surface area contributed by atoms with E-state index in [1.54, 1.807) is 0 Å².